The number of nitro groups is 2. The third-order valence-corrected chi connectivity index (χ3v) is 2.56. The lowest BCUT2D eigenvalue weighted by Gasteiger charge is -2.04. The van der Waals surface area contributed by atoms with Gasteiger partial charge < -0.3 is 9.47 Å². The van der Waals surface area contributed by atoms with E-state index in [1.54, 1.807) is 14.2 Å². The molecule has 0 aromatic heterocycles. The molecule has 0 atom stereocenters. The van der Waals surface area contributed by atoms with E-state index in [1.807, 2.05) is 24.3 Å². The van der Waals surface area contributed by atoms with Gasteiger partial charge in [0.25, 0.3) is 0 Å². The quantitative estimate of drug-likeness (QED) is 0.634. The number of ether oxygens (including phenoxy) is 2. The van der Waals surface area contributed by atoms with Gasteiger partial charge in [0, 0.05) is 12.1 Å². The Morgan fingerprint density at radius 2 is 1.05 bits per heavy atom. The zero-order valence-corrected chi connectivity index (χ0v) is 12.0. The van der Waals surface area contributed by atoms with Crippen molar-refractivity contribution >= 4 is 11.4 Å². The number of nitrogens with zero attached hydrogens (tertiary/aromatic N) is 2. The van der Waals surface area contributed by atoms with Gasteiger partial charge in [-0.15, -0.1) is 0 Å². The standard InChI is InChI=1S/C8H10O2.C6H4N2O4/c1-9-7-5-3-4-6-8(7)10-2;9-7(10)5-3-1-2-4-6(5)8(11)12/h3-6H,1-2H3;1-4H. The Kier molecular flexibility index (Phi) is 6.30. The third-order valence-electron chi connectivity index (χ3n) is 2.56. The monoisotopic (exact) mass is 306 g/mol. The summed E-state index contributed by atoms with van der Waals surface area (Å²) in [5, 5.41) is 20.5. The molecular weight excluding hydrogens is 292 g/mol. The highest BCUT2D eigenvalue weighted by Gasteiger charge is 2.21. The fraction of sp³-hybridized carbons (Fsp3) is 0.143. The first kappa shape index (κ1) is 16.9. The predicted molar refractivity (Wildman–Crippen MR) is 79.3 cm³/mol. The van der Waals surface area contributed by atoms with E-state index in [9.17, 15) is 20.2 Å². The molecule has 2 rings (SSSR count). The van der Waals surface area contributed by atoms with Crippen LogP contribution >= 0.6 is 0 Å². The largest absolute Gasteiger partial charge is 0.493 e. The molecule has 0 saturated carbocycles. The van der Waals surface area contributed by atoms with Gasteiger partial charge >= 0.3 is 11.4 Å². The van der Waals surface area contributed by atoms with Crippen molar-refractivity contribution in [2.45, 2.75) is 0 Å². The van der Waals surface area contributed by atoms with E-state index in [1.165, 1.54) is 12.1 Å². The molecule has 0 amide bonds. The maximum absolute atomic E-state index is 10.2. The Morgan fingerprint density at radius 1 is 0.727 bits per heavy atom. The summed E-state index contributed by atoms with van der Waals surface area (Å²) in [6.45, 7) is 0. The SMILES string of the molecule is COc1ccccc1OC.O=[N+]([O-])c1ccccc1[N+](=O)[O-]. The molecule has 0 saturated heterocycles. The molecule has 0 heterocycles. The normalized spacial score (nSPS) is 9.18. The average Bonchev–Trinajstić information content (AvgIpc) is 2.55. The molecule has 2 aromatic rings. The molecule has 0 fully saturated rings. The molecule has 0 aliphatic carbocycles. The maximum Gasteiger partial charge on any atom is 0.346 e. The Balaban J connectivity index is 0.000000224. The maximum atomic E-state index is 10.2. The van der Waals surface area contributed by atoms with Gasteiger partial charge in [-0.2, -0.15) is 0 Å². The van der Waals surface area contributed by atoms with Crippen LogP contribution in [-0.4, -0.2) is 24.1 Å². The van der Waals surface area contributed by atoms with Gasteiger partial charge in [0.15, 0.2) is 11.5 Å². The molecule has 0 aliphatic heterocycles. The van der Waals surface area contributed by atoms with Crippen LogP contribution in [0.4, 0.5) is 11.4 Å². The molecule has 0 radical (unpaired) electrons. The fourth-order valence-electron chi connectivity index (χ4n) is 1.56. The van der Waals surface area contributed by atoms with E-state index >= 15 is 0 Å². The predicted octanol–water partition coefficient (Wildman–Crippen LogP) is 3.21. The molecule has 0 aliphatic rings. The second kappa shape index (κ2) is 8.20. The van der Waals surface area contributed by atoms with E-state index in [0.29, 0.717) is 0 Å². The van der Waals surface area contributed by atoms with Crippen molar-refractivity contribution < 1.29 is 19.3 Å². The molecule has 0 spiro atoms. The van der Waals surface area contributed by atoms with Crippen molar-refractivity contribution in [1.82, 2.24) is 0 Å². The van der Waals surface area contributed by atoms with Crippen LogP contribution in [0.15, 0.2) is 48.5 Å². The van der Waals surface area contributed by atoms with E-state index in [2.05, 4.69) is 0 Å². The molecule has 8 nitrogen and oxygen atoms in total. The van der Waals surface area contributed by atoms with Gasteiger partial charge in [-0.05, 0) is 12.1 Å². The molecule has 2 aromatic carbocycles. The smallest absolute Gasteiger partial charge is 0.346 e. The van der Waals surface area contributed by atoms with Crippen LogP contribution in [-0.2, 0) is 0 Å². The number of hydrogen-bond donors (Lipinski definition) is 0. The topological polar surface area (TPSA) is 105 Å². The number of para-hydroxylation sites is 4. The van der Waals surface area contributed by atoms with Crippen LogP contribution in [0, 0.1) is 20.2 Å². The Labute approximate surface area is 126 Å². The first-order chi connectivity index (χ1) is 10.5. The number of rotatable bonds is 4. The lowest BCUT2D eigenvalue weighted by atomic mass is 10.3. The number of methoxy groups -OCH3 is 2. The zero-order chi connectivity index (χ0) is 16.5. The number of hydrogen-bond acceptors (Lipinski definition) is 6. The Bertz CT molecular complexity index is 603. The van der Waals surface area contributed by atoms with Gasteiger partial charge in [0.2, 0.25) is 0 Å². The summed E-state index contributed by atoms with van der Waals surface area (Å²) in [6, 6.07) is 12.5. The molecule has 0 N–H and O–H groups in total. The Morgan fingerprint density at radius 3 is 1.32 bits per heavy atom. The van der Waals surface area contributed by atoms with Crippen molar-refractivity contribution in [3.8, 4) is 11.5 Å². The lowest BCUT2D eigenvalue weighted by Crippen LogP contribution is -1.95. The molecule has 8 heteroatoms. The van der Waals surface area contributed by atoms with E-state index < -0.39 is 21.2 Å². The van der Waals surface area contributed by atoms with Crippen LogP contribution < -0.4 is 9.47 Å². The van der Waals surface area contributed by atoms with Gasteiger partial charge in [-0.3, -0.25) is 20.2 Å². The number of benzene rings is 2. The zero-order valence-electron chi connectivity index (χ0n) is 12.0. The molecular formula is C14H14N2O6. The van der Waals surface area contributed by atoms with Gasteiger partial charge in [-0.25, -0.2) is 0 Å². The summed E-state index contributed by atoms with van der Waals surface area (Å²) in [7, 11) is 3.25. The van der Waals surface area contributed by atoms with Gasteiger partial charge in [-0.1, -0.05) is 24.3 Å². The highest BCUT2D eigenvalue weighted by Crippen LogP contribution is 2.25. The second-order valence-electron chi connectivity index (χ2n) is 3.86. The fourth-order valence-corrected chi connectivity index (χ4v) is 1.56. The molecule has 22 heavy (non-hydrogen) atoms. The number of nitro benzene ring substituents is 2. The summed E-state index contributed by atoms with van der Waals surface area (Å²) < 4.78 is 10.0. The minimum Gasteiger partial charge on any atom is -0.493 e. The van der Waals surface area contributed by atoms with Crippen LogP contribution in [0.25, 0.3) is 0 Å². The summed E-state index contributed by atoms with van der Waals surface area (Å²) in [4.78, 5) is 18.9. The first-order valence-corrected chi connectivity index (χ1v) is 6.06. The van der Waals surface area contributed by atoms with Crippen LogP contribution in [0.2, 0.25) is 0 Å². The van der Waals surface area contributed by atoms with E-state index in [-0.39, 0.29) is 0 Å². The minimum absolute atomic E-state index is 0.484. The highest BCUT2D eigenvalue weighted by atomic mass is 16.6. The summed E-state index contributed by atoms with van der Waals surface area (Å²) >= 11 is 0. The minimum atomic E-state index is -0.780. The highest BCUT2D eigenvalue weighted by molar-refractivity contribution is 5.51. The van der Waals surface area contributed by atoms with Crippen molar-refractivity contribution in [1.29, 1.82) is 0 Å². The molecule has 116 valence electrons. The third kappa shape index (κ3) is 4.44. The van der Waals surface area contributed by atoms with E-state index in [0.717, 1.165) is 23.6 Å². The molecule has 0 bridgehead atoms. The summed E-state index contributed by atoms with van der Waals surface area (Å²) in [5.41, 5.74) is -0.968. The second-order valence-corrected chi connectivity index (χ2v) is 3.86. The van der Waals surface area contributed by atoms with Gasteiger partial charge in [0.05, 0.1) is 24.1 Å². The summed E-state index contributed by atoms with van der Waals surface area (Å²) in [5.74, 6) is 1.54. The van der Waals surface area contributed by atoms with Gasteiger partial charge in [0.1, 0.15) is 0 Å². The van der Waals surface area contributed by atoms with Crippen LogP contribution in [0.3, 0.4) is 0 Å². The van der Waals surface area contributed by atoms with Crippen molar-refractivity contribution in [2.24, 2.45) is 0 Å². The van der Waals surface area contributed by atoms with Crippen LogP contribution in [0.1, 0.15) is 0 Å². The lowest BCUT2D eigenvalue weighted by molar-refractivity contribution is -0.422. The van der Waals surface area contributed by atoms with Crippen LogP contribution in [0.5, 0.6) is 11.5 Å². The average molecular weight is 306 g/mol. The van der Waals surface area contributed by atoms with Crippen molar-refractivity contribution in [2.75, 3.05) is 14.2 Å². The van der Waals surface area contributed by atoms with Crippen molar-refractivity contribution in [3.63, 3.8) is 0 Å². The van der Waals surface area contributed by atoms with E-state index in [4.69, 9.17) is 9.47 Å². The Hall–Kier alpha value is -3.16. The molecule has 0 unspecified atom stereocenters. The first-order valence-electron chi connectivity index (χ1n) is 6.06. The van der Waals surface area contributed by atoms with Crippen molar-refractivity contribution in [3.05, 3.63) is 68.8 Å². The summed E-state index contributed by atoms with van der Waals surface area (Å²) in [6.07, 6.45) is 0.